The van der Waals surface area contributed by atoms with E-state index in [1.807, 2.05) is 19.3 Å². The second kappa shape index (κ2) is 5.34. The lowest BCUT2D eigenvalue weighted by Crippen LogP contribution is -2.13. The van der Waals surface area contributed by atoms with Crippen LogP contribution in [0.25, 0.3) is 0 Å². The summed E-state index contributed by atoms with van der Waals surface area (Å²) in [7, 11) is 1.94. The van der Waals surface area contributed by atoms with Crippen molar-refractivity contribution in [2.24, 2.45) is 0 Å². The summed E-state index contributed by atoms with van der Waals surface area (Å²) in [6, 6.07) is 4.02. The summed E-state index contributed by atoms with van der Waals surface area (Å²) in [5.41, 5.74) is 3.69. The Morgan fingerprint density at radius 1 is 1.21 bits per heavy atom. The number of fused-ring (bicyclic) bond motifs is 1. The number of nitrogens with one attached hydrogen (secondary N) is 1. The second-order valence-electron chi connectivity index (χ2n) is 4.91. The predicted octanol–water partition coefficient (Wildman–Crippen LogP) is 2.38. The molecule has 0 amide bonds. The zero-order valence-electron chi connectivity index (χ0n) is 11.2. The van der Waals surface area contributed by atoms with E-state index in [9.17, 15) is 0 Å². The average Bonchev–Trinajstić information content (AvgIpc) is 2.47. The van der Waals surface area contributed by atoms with Crippen molar-refractivity contribution in [3.63, 3.8) is 0 Å². The third-order valence-corrected chi connectivity index (χ3v) is 3.55. The molecule has 2 heterocycles. The van der Waals surface area contributed by atoms with Crippen LogP contribution in [0.4, 0.5) is 5.82 Å². The van der Waals surface area contributed by atoms with Gasteiger partial charge in [0.25, 0.3) is 0 Å². The SMILES string of the molecule is CNc1nc(Cc2cccnc2)nc2c1CCCC2. The van der Waals surface area contributed by atoms with Crippen LogP contribution in [0, 0.1) is 0 Å². The van der Waals surface area contributed by atoms with E-state index in [-0.39, 0.29) is 0 Å². The minimum atomic E-state index is 0.746. The molecule has 0 saturated carbocycles. The molecule has 19 heavy (non-hydrogen) atoms. The minimum Gasteiger partial charge on any atom is -0.373 e. The average molecular weight is 254 g/mol. The standard InChI is InChI=1S/C15H18N4/c1-16-15-12-6-2-3-7-13(12)18-14(19-15)9-11-5-4-8-17-10-11/h4-5,8,10H,2-3,6-7,9H2,1H3,(H,16,18,19). The molecule has 4 nitrogen and oxygen atoms in total. The maximum absolute atomic E-state index is 4.74. The Kier molecular flexibility index (Phi) is 3.40. The van der Waals surface area contributed by atoms with Gasteiger partial charge in [-0.1, -0.05) is 6.07 Å². The molecule has 2 aromatic rings. The molecule has 98 valence electrons. The Balaban J connectivity index is 1.94. The summed E-state index contributed by atoms with van der Waals surface area (Å²) in [5.74, 6) is 1.89. The van der Waals surface area contributed by atoms with Crippen molar-refractivity contribution in [3.05, 3.63) is 47.2 Å². The highest BCUT2D eigenvalue weighted by Crippen LogP contribution is 2.25. The Morgan fingerprint density at radius 2 is 2.11 bits per heavy atom. The lowest BCUT2D eigenvalue weighted by molar-refractivity contribution is 0.657. The lowest BCUT2D eigenvalue weighted by Gasteiger charge is -2.18. The van der Waals surface area contributed by atoms with E-state index in [1.54, 1.807) is 6.20 Å². The van der Waals surface area contributed by atoms with E-state index < -0.39 is 0 Å². The van der Waals surface area contributed by atoms with Crippen LogP contribution < -0.4 is 5.32 Å². The summed E-state index contributed by atoms with van der Waals surface area (Å²) in [6.07, 6.45) is 9.06. The number of aromatic nitrogens is 3. The van der Waals surface area contributed by atoms with Crippen molar-refractivity contribution in [3.8, 4) is 0 Å². The molecule has 1 aliphatic carbocycles. The second-order valence-corrected chi connectivity index (χ2v) is 4.91. The van der Waals surface area contributed by atoms with E-state index in [0.717, 1.165) is 36.5 Å². The number of hydrogen-bond donors (Lipinski definition) is 1. The van der Waals surface area contributed by atoms with E-state index in [4.69, 9.17) is 4.98 Å². The Labute approximate surface area is 113 Å². The molecule has 0 saturated heterocycles. The highest BCUT2D eigenvalue weighted by molar-refractivity contribution is 5.47. The fourth-order valence-electron chi connectivity index (χ4n) is 2.62. The zero-order chi connectivity index (χ0) is 13.1. The van der Waals surface area contributed by atoms with Crippen molar-refractivity contribution in [2.45, 2.75) is 32.1 Å². The third kappa shape index (κ3) is 2.57. The van der Waals surface area contributed by atoms with Crippen molar-refractivity contribution in [2.75, 3.05) is 12.4 Å². The highest BCUT2D eigenvalue weighted by Gasteiger charge is 2.17. The molecule has 0 spiro atoms. The number of rotatable bonds is 3. The molecule has 0 fully saturated rings. The van der Waals surface area contributed by atoms with Crippen LogP contribution >= 0.6 is 0 Å². The molecule has 0 bridgehead atoms. The first-order chi connectivity index (χ1) is 9.36. The van der Waals surface area contributed by atoms with E-state index in [0.29, 0.717) is 0 Å². The van der Waals surface area contributed by atoms with Crippen LogP contribution in [-0.4, -0.2) is 22.0 Å². The number of anilines is 1. The van der Waals surface area contributed by atoms with Gasteiger partial charge in [0.1, 0.15) is 11.6 Å². The molecule has 3 rings (SSSR count). The maximum Gasteiger partial charge on any atom is 0.135 e. The minimum absolute atomic E-state index is 0.746. The van der Waals surface area contributed by atoms with Crippen LogP contribution in [-0.2, 0) is 19.3 Å². The molecule has 0 atom stereocenters. The Bertz CT molecular complexity index is 549. The number of hydrogen-bond acceptors (Lipinski definition) is 4. The van der Waals surface area contributed by atoms with Crippen molar-refractivity contribution in [1.82, 2.24) is 15.0 Å². The van der Waals surface area contributed by atoms with Gasteiger partial charge in [0.05, 0.1) is 0 Å². The topological polar surface area (TPSA) is 50.7 Å². The first-order valence-corrected chi connectivity index (χ1v) is 6.82. The van der Waals surface area contributed by atoms with Crippen LogP contribution in [0.5, 0.6) is 0 Å². The molecule has 0 unspecified atom stereocenters. The molecular weight excluding hydrogens is 236 g/mol. The van der Waals surface area contributed by atoms with E-state index in [1.165, 1.54) is 24.1 Å². The molecule has 0 aromatic carbocycles. The monoisotopic (exact) mass is 254 g/mol. The first kappa shape index (κ1) is 12.1. The largest absolute Gasteiger partial charge is 0.373 e. The van der Waals surface area contributed by atoms with Crippen molar-refractivity contribution < 1.29 is 0 Å². The Morgan fingerprint density at radius 3 is 2.89 bits per heavy atom. The predicted molar refractivity (Wildman–Crippen MR) is 75.3 cm³/mol. The van der Waals surface area contributed by atoms with Gasteiger partial charge in [-0.25, -0.2) is 9.97 Å². The molecule has 2 aromatic heterocycles. The smallest absolute Gasteiger partial charge is 0.135 e. The van der Waals surface area contributed by atoms with Gasteiger partial charge in [0.15, 0.2) is 0 Å². The number of pyridine rings is 1. The molecular formula is C15H18N4. The number of aryl methyl sites for hydroxylation is 1. The summed E-state index contributed by atoms with van der Waals surface area (Å²) >= 11 is 0. The van der Waals surface area contributed by atoms with Crippen molar-refractivity contribution >= 4 is 5.82 Å². The molecule has 1 N–H and O–H groups in total. The summed E-state index contributed by atoms with van der Waals surface area (Å²) in [5, 5.41) is 3.21. The quantitative estimate of drug-likeness (QED) is 0.913. The van der Waals surface area contributed by atoms with E-state index in [2.05, 4.69) is 21.4 Å². The molecule has 0 radical (unpaired) electrons. The van der Waals surface area contributed by atoms with Gasteiger partial charge in [-0.2, -0.15) is 0 Å². The van der Waals surface area contributed by atoms with Gasteiger partial charge in [-0.05, 0) is 37.3 Å². The zero-order valence-corrected chi connectivity index (χ0v) is 11.2. The van der Waals surface area contributed by atoms with Gasteiger partial charge < -0.3 is 5.32 Å². The summed E-state index contributed by atoms with van der Waals surface area (Å²) < 4.78 is 0. The van der Waals surface area contributed by atoms with Crippen LogP contribution in [0.2, 0.25) is 0 Å². The van der Waals surface area contributed by atoms with Crippen LogP contribution in [0.15, 0.2) is 24.5 Å². The highest BCUT2D eigenvalue weighted by atomic mass is 15.0. The fraction of sp³-hybridized carbons (Fsp3) is 0.400. The van der Waals surface area contributed by atoms with Gasteiger partial charge in [0, 0.05) is 37.1 Å². The van der Waals surface area contributed by atoms with Gasteiger partial charge in [0.2, 0.25) is 0 Å². The third-order valence-electron chi connectivity index (χ3n) is 3.55. The maximum atomic E-state index is 4.74. The van der Waals surface area contributed by atoms with E-state index >= 15 is 0 Å². The Hall–Kier alpha value is -1.97. The fourth-order valence-corrected chi connectivity index (χ4v) is 2.62. The van der Waals surface area contributed by atoms with Gasteiger partial charge >= 0.3 is 0 Å². The first-order valence-electron chi connectivity index (χ1n) is 6.82. The van der Waals surface area contributed by atoms with Crippen LogP contribution in [0.1, 0.15) is 35.5 Å². The molecule has 1 aliphatic rings. The van der Waals surface area contributed by atoms with Crippen molar-refractivity contribution in [1.29, 1.82) is 0 Å². The van der Waals surface area contributed by atoms with Crippen LogP contribution in [0.3, 0.4) is 0 Å². The molecule has 0 aliphatic heterocycles. The normalized spacial score (nSPS) is 13.9. The van der Waals surface area contributed by atoms with Gasteiger partial charge in [-0.3, -0.25) is 4.98 Å². The number of nitrogens with zero attached hydrogens (tertiary/aromatic N) is 3. The van der Waals surface area contributed by atoms with Gasteiger partial charge in [-0.15, -0.1) is 0 Å². The lowest BCUT2D eigenvalue weighted by atomic mass is 9.96. The molecule has 4 heteroatoms. The summed E-state index contributed by atoms with van der Waals surface area (Å²) in [6.45, 7) is 0. The summed E-state index contributed by atoms with van der Waals surface area (Å²) in [4.78, 5) is 13.5.